The van der Waals surface area contributed by atoms with Gasteiger partial charge >= 0.3 is 0 Å². The van der Waals surface area contributed by atoms with E-state index in [9.17, 15) is 0 Å². The van der Waals surface area contributed by atoms with Crippen LogP contribution in [0.5, 0.6) is 0 Å². The van der Waals surface area contributed by atoms with Gasteiger partial charge in [-0.1, -0.05) is 0 Å². The van der Waals surface area contributed by atoms with Crippen molar-refractivity contribution in [2.75, 3.05) is 39.8 Å². The third-order valence-corrected chi connectivity index (χ3v) is 5.44. The lowest BCUT2D eigenvalue weighted by atomic mass is 9.86. The summed E-state index contributed by atoms with van der Waals surface area (Å²) < 4.78 is 2.20. The second-order valence-corrected chi connectivity index (χ2v) is 7.04. The molecule has 9 heteroatoms. The van der Waals surface area contributed by atoms with Crippen LogP contribution in [-0.2, 0) is 16.1 Å². The number of nitrogens with one attached hydrogen (secondary N) is 1. The van der Waals surface area contributed by atoms with E-state index in [1.165, 1.54) is 38.9 Å². The number of carboxylic acid groups (broad SMARTS) is 2. The van der Waals surface area contributed by atoms with Crippen LogP contribution in [0.15, 0.2) is 18.7 Å². The summed E-state index contributed by atoms with van der Waals surface area (Å²) in [5.74, 6) is 0. The molecule has 0 bridgehead atoms. The van der Waals surface area contributed by atoms with Gasteiger partial charge in [0.25, 0.3) is 12.9 Å². The maximum Gasteiger partial charge on any atom is 0.290 e. The molecule has 27 heavy (non-hydrogen) atoms. The average Bonchev–Trinajstić information content (AvgIpc) is 3.10. The van der Waals surface area contributed by atoms with Crippen molar-refractivity contribution in [2.45, 2.75) is 44.3 Å². The van der Waals surface area contributed by atoms with Crippen LogP contribution in [0, 0.1) is 0 Å². The molecule has 2 saturated heterocycles. The van der Waals surface area contributed by atoms with E-state index in [2.05, 4.69) is 44.8 Å². The highest BCUT2D eigenvalue weighted by Crippen LogP contribution is 2.29. The highest BCUT2D eigenvalue weighted by Gasteiger charge is 2.39. The second-order valence-electron chi connectivity index (χ2n) is 7.04. The minimum Gasteiger partial charge on any atom is -0.483 e. The number of nitrogens with zero attached hydrogens (tertiary/aromatic N) is 4. The molecule has 0 saturated carbocycles. The fourth-order valence-electron chi connectivity index (χ4n) is 3.95. The van der Waals surface area contributed by atoms with Crippen molar-refractivity contribution in [3.63, 3.8) is 0 Å². The molecule has 1 aromatic heterocycles. The van der Waals surface area contributed by atoms with E-state index in [1.807, 2.05) is 12.5 Å². The summed E-state index contributed by atoms with van der Waals surface area (Å²) in [7, 11) is 2.33. The Morgan fingerprint density at radius 1 is 1.22 bits per heavy atom. The van der Waals surface area contributed by atoms with Crippen LogP contribution in [0.4, 0.5) is 0 Å². The topological polar surface area (TPSA) is 111 Å². The Labute approximate surface area is 161 Å². The van der Waals surface area contributed by atoms with E-state index in [1.54, 1.807) is 0 Å². The SMILES string of the molecule is CC(Cn1ccnc1)N1CCCN(C)C2(CCNCC2)C1.O=CO.O=CO. The fraction of sp³-hybridized carbons (Fsp3) is 0.722. The Morgan fingerprint density at radius 3 is 2.41 bits per heavy atom. The van der Waals surface area contributed by atoms with Gasteiger partial charge in [0.05, 0.1) is 6.33 Å². The predicted molar refractivity (Wildman–Crippen MR) is 103 cm³/mol. The Balaban J connectivity index is 0.000000540. The summed E-state index contributed by atoms with van der Waals surface area (Å²) in [6, 6.07) is 0.567. The lowest BCUT2D eigenvalue weighted by molar-refractivity contribution is -0.123. The molecule has 2 aliphatic heterocycles. The summed E-state index contributed by atoms with van der Waals surface area (Å²) in [5.41, 5.74) is 0.380. The van der Waals surface area contributed by atoms with E-state index >= 15 is 0 Å². The molecule has 9 nitrogen and oxygen atoms in total. The molecule has 2 aliphatic rings. The van der Waals surface area contributed by atoms with Crippen molar-refractivity contribution in [1.82, 2.24) is 24.7 Å². The van der Waals surface area contributed by atoms with Crippen molar-refractivity contribution in [3.05, 3.63) is 18.7 Å². The quantitative estimate of drug-likeness (QED) is 0.645. The first kappa shape index (κ1) is 23.1. The average molecular weight is 383 g/mol. The number of likely N-dealkylation sites (N-methyl/N-ethyl adjacent to an activating group) is 1. The number of imidazole rings is 1. The summed E-state index contributed by atoms with van der Waals surface area (Å²) in [6.45, 7) is 8.88. The maximum absolute atomic E-state index is 8.36. The highest BCUT2D eigenvalue weighted by molar-refractivity contribution is 5.33. The number of carbonyl (C=O) groups is 2. The largest absolute Gasteiger partial charge is 0.483 e. The lowest BCUT2D eigenvalue weighted by Gasteiger charge is -2.46. The van der Waals surface area contributed by atoms with Gasteiger partial charge in [0.2, 0.25) is 0 Å². The van der Waals surface area contributed by atoms with E-state index in [0.717, 1.165) is 19.6 Å². The standard InChI is InChI=1S/C16H29N5.2CH2O2/c1-15(12-20-11-8-18-14-20)21-10-3-9-19(2)16(13-21)4-6-17-7-5-16;2*2-1-3/h8,11,14-15,17H,3-7,9-10,12-13H2,1-2H3;2*1H,(H,2,3). The van der Waals surface area contributed by atoms with Gasteiger partial charge in [-0.25, -0.2) is 4.98 Å². The first-order valence-corrected chi connectivity index (χ1v) is 9.30. The van der Waals surface area contributed by atoms with Gasteiger partial charge in [-0.05, 0) is 59.4 Å². The summed E-state index contributed by atoms with van der Waals surface area (Å²) in [5, 5.41) is 17.3. The first-order chi connectivity index (χ1) is 13.0. The molecule has 0 radical (unpaired) electrons. The van der Waals surface area contributed by atoms with E-state index in [-0.39, 0.29) is 12.9 Å². The highest BCUT2D eigenvalue weighted by atomic mass is 16.3. The van der Waals surface area contributed by atoms with Crippen LogP contribution in [0.25, 0.3) is 0 Å². The van der Waals surface area contributed by atoms with Gasteiger partial charge in [0.15, 0.2) is 0 Å². The third-order valence-electron chi connectivity index (χ3n) is 5.44. The summed E-state index contributed by atoms with van der Waals surface area (Å²) in [6.07, 6.45) is 9.70. The Bertz CT molecular complexity index is 514. The van der Waals surface area contributed by atoms with Crippen LogP contribution in [-0.4, -0.2) is 93.9 Å². The minimum atomic E-state index is -0.250. The van der Waals surface area contributed by atoms with Crippen molar-refractivity contribution < 1.29 is 19.8 Å². The molecule has 0 amide bonds. The molecule has 2 fully saturated rings. The summed E-state index contributed by atoms with van der Waals surface area (Å²) >= 11 is 0. The molecule has 0 aliphatic carbocycles. The van der Waals surface area contributed by atoms with E-state index in [0.29, 0.717) is 11.6 Å². The number of hydrogen-bond donors (Lipinski definition) is 3. The van der Waals surface area contributed by atoms with Crippen LogP contribution in [0.1, 0.15) is 26.2 Å². The van der Waals surface area contributed by atoms with Crippen LogP contribution in [0.3, 0.4) is 0 Å². The van der Waals surface area contributed by atoms with E-state index < -0.39 is 0 Å². The zero-order chi connectivity index (χ0) is 20.1. The van der Waals surface area contributed by atoms with Crippen LogP contribution in [0.2, 0.25) is 0 Å². The minimum absolute atomic E-state index is 0.250. The molecule has 0 aromatic carbocycles. The molecule has 3 N–H and O–H groups in total. The zero-order valence-electron chi connectivity index (χ0n) is 16.3. The third kappa shape index (κ3) is 7.28. The lowest BCUT2D eigenvalue weighted by Crippen LogP contribution is -2.58. The second kappa shape index (κ2) is 12.4. The molecule has 3 heterocycles. The van der Waals surface area contributed by atoms with Crippen molar-refractivity contribution in [1.29, 1.82) is 0 Å². The summed E-state index contributed by atoms with van der Waals surface area (Å²) in [4.78, 5) is 26.2. The normalized spacial score (nSPS) is 21.0. The maximum atomic E-state index is 8.36. The van der Waals surface area contributed by atoms with Gasteiger partial charge in [0.1, 0.15) is 0 Å². The van der Waals surface area contributed by atoms with Crippen molar-refractivity contribution in [3.8, 4) is 0 Å². The van der Waals surface area contributed by atoms with Crippen molar-refractivity contribution >= 4 is 12.9 Å². The van der Waals surface area contributed by atoms with Crippen molar-refractivity contribution in [2.24, 2.45) is 0 Å². The van der Waals surface area contributed by atoms with Gasteiger partial charge in [-0.2, -0.15) is 0 Å². The zero-order valence-corrected chi connectivity index (χ0v) is 16.3. The molecule has 1 aromatic rings. The number of rotatable bonds is 3. The number of aromatic nitrogens is 2. The van der Waals surface area contributed by atoms with Gasteiger partial charge in [-0.3, -0.25) is 19.4 Å². The monoisotopic (exact) mass is 383 g/mol. The Kier molecular flexibility index (Phi) is 10.6. The fourth-order valence-corrected chi connectivity index (χ4v) is 3.95. The molecular weight excluding hydrogens is 350 g/mol. The predicted octanol–water partition coefficient (Wildman–Crippen LogP) is 0.433. The molecule has 1 spiro atoms. The molecule has 3 rings (SSSR count). The Morgan fingerprint density at radius 2 is 1.85 bits per heavy atom. The van der Waals surface area contributed by atoms with Gasteiger partial charge in [0, 0.05) is 37.1 Å². The van der Waals surface area contributed by atoms with Gasteiger partial charge < -0.3 is 20.1 Å². The van der Waals surface area contributed by atoms with Crippen LogP contribution < -0.4 is 5.32 Å². The molecule has 1 atom stereocenters. The smallest absolute Gasteiger partial charge is 0.290 e. The number of piperidine rings is 1. The first-order valence-electron chi connectivity index (χ1n) is 9.30. The van der Waals surface area contributed by atoms with Gasteiger partial charge in [-0.15, -0.1) is 0 Å². The Hall–Kier alpha value is -1.97. The van der Waals surface area contributed by atoms with Crippen LogP contribution >= 0.6 is 0 Å². The molecule has 154 valence electrons. The molecule has 1 unspecified atom stereocenters. The van der Waals surface area contributed by atoms with E-state index in [4.69, 9.17) is 19.8 Å². The number of hydrogen-bond acceptors (Lipinski definition) is 6. The molecular formula is C18H33N5O4.